The number of hydrogen-bond donors (Lipinski definition) is 1. The molecule has 0 aromatic heterocycles. The van der Waals surface area contributed by atoms with E-state index in [4.69, 9.17) is 10.5 Å². The lowest BCUT2D eigenvalue weighted by atomic mass is 10.1. The molecule has 1 aliphatic rings. The molecule has 3 heteroatoms. The van der Waals surface area contributed by atoms with Crippen molar-refractivity contribution in [2.75, 3.05) is 20.3 Å². The molecule has 0 spiro atoms. The van der Waals surface area contributed by atoms with Gasteiger partial charge in [-0.2, -0.15) is 0 Å². The van der Waals surface area contributed by atoms with Gasteiger partial charge in [-0.05, 0) is 26.3 Å². The Morgan fingerprint density at radius 2 is 2.21 bits per heavy atom. The minimum atomic E-state index is 0.370. The van der Waals surface area contributed by atoms with Crippen LogP contribution in [0.15, 0.2) is 0 Å². The van der Waals surface area contributed by atoms with E-state index in [1.165, 1.54) is 19.3 Å². The average Bonchev–Trinajstić information content (AvgIpc) is 2.54. The van der Waals surface area contributed by atoms with Crippen molar-refractivity contribution in [2.45, 2.75) is 51.2 Å². The molecule has 0 heterocycles. The fourth-order valence-electron chi connectivity index (χ4n) is 2.59. The van der Waals surface area contributed by atoms with Gasteiger partial charge < -0.3 is 10.5 Å². The summed E-state index contributed by atoms with van der Waals surface area (Å²) in [6.07, 6.45) is 3.71. The minimum absolute atomic E-state index is 0.370. The van der Waals surface area contributed by atoms with Crippen molar-refractivity contribution in [2.24, 2.45) is 5.73 Å². The lowest BCUT2D eigenvalue weighted by Crippen LogP contribution is -2.49. The molecule has 0 aromatic carbocycles. The Morgan fingerprint density at radius 3 is 2.64 bits per heavy atom. The first kappa shape index (κ1) is 12.0. The van der Waals surface area contributed by atoms with Crippen LogP contribution in [0.3, 0.4) is 0 Å². The molecule has 2 N–H and O–H groups in total. The topological polar surface area (TPSA) is 38.5 Å². The smallest absolute Gasteiger partial charge is 0.0615 e. The number of methoxy groups -OCH3 is 1. The van der Waals surface area contributed by atoms with Crippen molar-refractivity contribution >= 4 is 0 Å². The van der Waals surface area contributed by atoms with Gasteiger partial charge in [-0.3, -0.25) is 4.90 Å². The zero-order valence-electron chi connectivity index (χ0n) is 9.70. The lowest BCUT2D eigenvalue weighted by molar-refractivity contribution is 0.0700. The molecule has 3 atom stereocenters. The summed E-state index contributed by atoms with van der Waals surface area (Å²) >= 11 is 0. The van der Waals surface area contributed by atoms with Crippen molar-refractivity contribution in [3.63, 3.8) is 0 Å². The second kappa shape index (κ2) is 5.69. The summed E-state index contributed by atoms with van der Waals surface area (Å²) in [6.45, 7) is 6.30. The van der Waals surface area contributed by atoms with Gasteiger partial charge in [0.25, 0.3) is 0 Å². The number of hydrogen-bond acceptors (Lipinski definition) is 3. The Bertz CT molecular complexity index is 163. The van der Waals surface area contributed by atoms with Crippen LogP contribution in [0.4, 0.5) is 0 Å². The highest BCUT2D eigenvalue weighted by molar-refractivity contribution is 4.89. The van der Waals surface area contributed by atoms with Crippen molar-refractivity contribution in [3.05, 3.63) is 0 Å². The normalized spacial score (nSPS) is 29.8. The Morgan fingerprint density at radius 1 is 1.50 bits per heavy atom. The molecule has 14 heavy (non-hydrogen) atoms. The highest BCUT2D eigenvalue weighted by atomic mass is 16.5. The van der Waals surface area contributed by atoms with Gasteiger partial charge in [0.05, 0.1) is 6.61 Å². The maximum absolute atomic E-state index is 6.11. The molecule has 3 unspecified atom stereocenters. The first-order chi connectivity index (χ1) is 6.70. The predicted molar refractivity (Wildman–Crippen MR) is 59.3 cm³/mol. The lowest BCUT2D eigenvalue weighted by Gasteiger charge is -2.35. The standard InChI is InChI=1S/C11H24N2O/c1-4-13(9(2)8-14-3)11-7-5-6-10(11)12/h9-11H,4-8,12H2,1-3H3. The Kier molecular flexibility index (Phi) is 4.85. The second-order valence-electron chi connectivity index (χ2n) is 4.30. The second-order valence-corrected chi connectivity index (χ2v) is 4.30. The molecule has 0 saturated heterocycles. The van der Waals surface area contributed by atoms with Crippen molar-refractivity contribution in [1.82, 2.24) is 4.90 Å². The monoisotopic (exact) mass is 200 g/mol. The van der Waals surface area contributed by atoms with Gasteiger partial charge in [0.1, 0.15) is 0 Å². The molecule has 1 aliphatic carbocycles. The number of rotatable bonds is 5. The maximum Gasteiger partial charge on any atom is 0.0615 e. The molecule has 3 nitrogen and oxygen atoms in total. The molecule has 0 bridgehead atoms. The van der Waals surface area contributed by atoms with Gasteiger partial charge in [-0.25, -0.2) is 0 Å². The minimum Gasteiger partial charge on any atom is -0.383 e. The van der Waals surface area contributed by atoms with Crippen LogP contribution in [-0.2, 0) is 4.74 Å². The predicted octanol–water partition coefficient (Wildman–Crippen LogP) is 1.22. The molecular weight excluding hydrogens is 176 g/mol. The van der Waals surface area contributed by atoms with Crippen LogP contribution in [0.1, 0.15) is 33.1 Å². The van der Waals surface area contributed by atoms with Crippen LogP contribution in [0, 0.1) is 0 Å². The molecule has 1 saturated carbocycles. The summed E-state index contributed by atoms with van der Waals surface area (Å²) in [7, 11) is 1.76. The van der Waals surface area contributed by atoms with E-state index in [0.29, 0.717) is 18.1 Å². The Balaban J connectivity index is 2.51. The fraction of sp³-hybridized carbons (Fsp3) is 1.00. The van der Waals surface area contributed by atoms with E-state index in [2.05, 4.69) is 18.7 Å². The zero-order chi connectivity index (χ0) is 10.6. The van der Waals surface area contributed by atoms with E-state index < -0.39 is 0 Å². The number of nitrogens with two attached hydrogens (primary N) is 1. The van der Waals surface area contributed by atoms with Crippen LogP contribution >= 0.6 is 0 Å². The summed E-state index contributed by atoms with van der Waals surface area (Å²) in [5.74, 6) is 0. The fourth-order valence-corrected chi connectivity index (χ4v) is 2.59. The van der Waals surface area contributed by atoms with Crippen LogP contribution < -0.4 is 5.73 Å². The maximum atomic E-state index is 6.11. The Labute approximate surface area is 87.6 Å². The van der Waals surface area contributed by atoms with Crippen molar-refractivity contribution in [1.29, 1.82) is 0 Å². The van der Waals surface area contributed by atoms with E-state index in [9.17, 15) is 0 Å². The molecule has 0 aromatic rings. The van der Waals surface area contributed by atoms with Crippen LogP contribution in [0.2, 0.25) is 0 Å². The molecule has 0 amide bonds. The van der Waals surface area contributed by atoms with Crippen LogP contribution in [0.5, 0.6) is 0 Å². The molecule has 84 valence electrons. The van der Waals surface area contributed by atoms with E-state index in [1.54, 1.807) is 7.11 Å². The molecule has 0 aliphatic heterocycles. The third-order valence-corrected chi connectivity index (χ3v) is 3.30. The molecule has 1 rings (SSSR count). The van der Waals surface area contributed by atoms with Crippen molar-refractivity contribution in [3.8, 4) is 0 Å². The van der Waals surface area contributed by atoms with Crippen LogP contribution in [-0.4, -0.2) is 43.3 Å². The highest BCUT2D eigenvalue weighted by Crippen LogP contribution is 2.24. The number of ether oxygens (including phenoxy) is 1. The molecule has 1 fully saturated rings. The summed E-state index contributed by atoms with van der Waals surface area (Å²) in [5, 5.41) is 0. The zero-order valence-corrected chi connectivity index (χ0v) is 9.70. The number of likely N-dealkylation sites (N-methyl/N-ethyl adjacent to an activating group) is 1. The first-order valence-corrected chi connectivity index (χ1v) is 5.71. The van der Waals surface area contributed by atoms with E-state index in [-0.39, 0.29) is 0 Å². The number of nitrogens with zero attached hydrogens (tertiary/aromatic N) is 1. The SMILES string of the molecule is CCN(C(C)COC)C1CCCC1N. The first-order valence-electron chi connectivity index (χ1n) is 5.71. The van der Waals surface area contributed by atoms with Crippen LogP contribution in [0.25, 0.3) is 0 Å². The average molecular weight is 200 g/mol. The van der Waals surface area contributed by atoms with Gasteiger partial charge in [-0.15, -0.1) is 0 Å². The van der Waals surface area contributed by atoms with Gasteiger partial charge >= 0.3 is 0 Å². The van der Waals surface area contributed by atoms with Gasteiger partial charge in [0.2, 0.25) is 0 Å². The van der Waals surface area contributed by atoms with Crippen molar-refractivity contribution < 1.29 is 4.74 Å². The summed E-state index contributed by atoms with van der Waals surface area (Å²) in [4.78, 5) is 2.49. The van der Waals surface area contributed by atoms with Gasteiger partial charge in [-0.1, -0.05) is 13.3 Å². The quantitative estimate of drug-likeness (QED) is 0.725. The molecular formula is C11H24N2O. The Hall–Kier alpha value is -0.120. The highest BCUT2D eigenvalue weighted by Gasteiger charge is 2.30. The summed E-state index contributed by atoms with van der Waals surface area (Å²) < 4.78 is 5.20. The van der Waals surface area contributed by atoms with E-state index in [0.717, 1.165) is 13.2 Å². The largest absolute Gasteiger partial charge is 0.383 e. The van der Waals surface area contributed by atoms with Gasteiger partial charge in [0, 0.05) is 25.2 Å². The van der Waals surface area contributed by atoms with Gasteiger partial charge in [0.15, 0.2) is 0 Å². The molecule has 0 radical (unpaired) electrons. The van der Waals surface area contributed by atoms with E-state index in [1.807, 2.05) is 0 Å². The summed E-state index contributed by atoms with van der Waals surface area (Å²) in [5.41, 5.74) is 6.11. The third kappa shape index (κ3) is 2.69. The third-order valence-electron chi connectivity index (χ3n) is 3.30. The summed E-state index contributed by atoms with van der Waals surface area (Å²) in [6, 6.07) is 1.43. The van der Waals surface area contributed by atoms with E-state index >= 15 is 0 Å².